The SMILES string of the molecule is CCOCCC(=O)NCc1cc(C#CCO)cs1. The number of ether oxygens (including phenoxy) is 1. The molecule has 0 aliphatic rings. The van der Waals surface area contributed by atoms with E-state index in [2.05, 4.69) is 17.2 Å². The molecule has 1 heterocycles. The molecule has 0 radical (unpaired) electrons. The van der Waals surface area contributed by atoms with Crippen LogP contribution in [0.25, 0.3) is 0 Å². The standard InChI is InChI=1S/C13H17NO3S/c1-2-17-7-5-13(16)14-9-12-8-11(10-18-12)4-3-6-15/h8,10,15H,2,5-7,9H2,1H3,(H,14,16). The quantitative estimate of drug-likeness (QED) is 0.600. The van der Waals surface area contributed by atoms with Crippen LogP contribution in [-0.2, 0) is 16.1 Å². The van der Waals surface area contributed by atoms with Gasteiger partial charge in [0.15, 0.2) is 0 Å². The van der Waals surface area contributed by atoms with Crippen molar-refractivity contribution in [2.24, 2.45) is 0 Å². The number of thiophene rings is 1. The summed E-state index contributed by atoms with van der Waals surface area (Å²) in [6, 6.07) is 1.91. The van der Waals surface area contributed by atoms with Gasteiger partial charge >= 0.3 is 0 Å². The minimum absolute atomic E-state index is 0.0140. The fourth-order valence-electron chi connectivity index (χ4n) is 1.26. The summed E-state index contributed by atoms with van der Waals surface area (Å²) < 4.78 is 5.10. The van der Waals surface area contributed by atoms with Crippen LogP contribution in [0.4, 0.5) is 0 Å². The first-order chi connectivity index (χ1) is 8.76. The number of amides is 1. The Morgan fingerprint density at radius 3 is 3.17 bits per heavy atom. The van der Waals surface area contributed by atoms with Crippen LogP contribution in [0, 0.1) is 11.8 Å². The van der Waals surface area contributed by atoms with E-state index in [1.807, 2.05) is 18.4 Å². The average Bonchev–Trinajstić information content (AvgIpc) is 2.82. The summed E-state index contributed by atoms with van der Waals surface area (Å²) in [6.45, 7) is 3.36. The Balaban J connectivity index is 2.30. The molecule has 1 amide bonds. The number of nitrogens with one attached hydrogen (secondary N) is 1. The summed E-state index contributed by atoms with van der Waals surface area (Å²) in [5.41, 5.74) is 0.868. The number of aliphatic hydroxyl groups is 1. The van der Waals surface area contributed by atoms with Crippen molar-refractivity contribution < 1.29 is 14.6 Å². The number of aliphatic hydroxyl groups excluding tert-OH is 1. The number of carbonyl (C=O) groups is 1. The first-order valence-corrected chi connectivity index (χ1v) is 6.65. The number of rotatable bonds is 6. The van der Waals surface area contributed by atoms with Crippen LogP contribution in [0.2, 0.25) is 0 Å². The molecule has 1 aromatic rings. The van der Waals surface area contributed by atoms with Gasteiger partial charge < -0.3 is 15.2 Å². The zero-order valence-corrected chi connectivity index (χ0v) is 11.2. The van der Waals surface area contributed by atoms with E-state index < -0.39 is 0 Å². The third-order valence-electron chi connectivity index (χ3n) is 2.10. The van der Waals surface area contributed by atoms with E-state index in [-0.39, 0.29) is 12.5 Å². The van der Waals surface area contributed by atoms with Gasteiger partial charge in [-0.25, -0.2) is 0 Å². The summed E-state index contributed by atoms with van der Waals surface area (Å²) in [7, 11) is 0. The molecule has 0 saturated heterocycles. The molecule has 0 aromatic carbocycles. The third-order valence-corrected chi connectivity index (χ3v) is 3.04. The van der Waals surface area contributed by atoms with E-state index in [4.69, 9.17) is 9.84 Å². The average molecular weight is 267 g/mol. The molecule has 0 unspecified atom stereocenters. The lowest BCUT2D eigenvalue weighted by atomic mass is 10.3. The van der Waals surface area contributed by atoms with Gasteiger partial charge in [0.25, 0.3) is 0 Å². The molecule has 5 heteroatoms. The number of carbonyl (C=O) groups excluding carboxylic acids is 1. The molecule has 0 bridgehead atoms. The van der Waals surface area contributed by atoms with Gasteiger partial charge in [0.05, 0.1) is 13.2 Å². The van der Waals surface area contributed by atoms with Gasteiger partial charge in [0.2, 0.25) is 5.91 Å². The maximum Gasteiger partial charge on any atom is 0.222 e. The largest absolute Gasteiger partial charge is 0.384 e. The summed E-state index contributed by atoms with van der Waals surface area (Å²) >= 11 is 1.54. The maximum atomic E-state index is 11.4. The van der Waals surface area contributed by atoms with Crippen LogP contribution < -0.4 is 5.32 Å². The first-order valence-electron chi connectivity index (χ1n) is 5.77. The Labute approximate surface area is 111 Å². The summed E-state index contributed by atoms with van der Waals surface area (Å²) in [5, 5.41) is 13.3. The highest BCUT2D eigenvalue weighted by atomic mass is 32.1. The molecule has 0 aliphatic heterocycles. The Morgan fingerprint density at radius 1 is 1.61 bits per heavy atom. The van der Waals surface area contributed by atoms with E-state index in [1.165, 1.54) is 0 Å². The molecule has 98 valence electrons. The highest BCUT2D eigenvalue weighted by Gasteiger charge is 2.02. The van der Waals surface area contributed by atoms with Gasteiger partial charge in [-0.05, 0) is 13.0 Å². The van der Waals surface area contributed by atoms with Gasteiger partial charge in [-0.1, -0.05) is 11.8 Å². The minimum atomic E-state index is -0.140. The topological polar surface area (TPSA) is 58.6 Å². The Bertz CT molecular complexity index is 431. The summed E-state index contributed by atoms with van der Waals surface area (Å²) in [6.07, 6.45) is 0.385. The van der Waals surface area contributed by atoms with Crippen molar-refractivity contribution in [1.29, 1.82) is 0 Å². The second-order valence-corrected chi connectivity index (χ2v) is 4.48. The highest BCUT2D eigenvalue weighted by Crippen LogP contribution is 2.13. The zero-order chi connectivity index (χ0) is 13.2. The molecule has 0 aliphatic carbocycles. The van der Waals surface area contributed by atoms with E-state index in [1.54, 1.807) is 11.3 Å². The predicted molar refractivity (Wildman–Crippen MR) is 71.2 cm³/mol. The van der Waals surface area contributed by atoms with Crippen molar-refractivity contribution in [3.05, 3.63) is 21.9 Å². The zero-order valence-electron chi connectivity index (χ0n) is 10.4. The Kier molecular flexibility index (Phi) is 7.11. The molecule has 0 spiro atoms. The van der Waals surface area contributed by atoms with E-state index in [0.717, 1.165) is 10.4 Å². The Morgan fingerprint density at radius 2 is 2.44 bits per heavy atom. The number of hydrogen-bond donors (Lipinski definition) is 2. The van der Waals surface area contributed by atoms with Crippen molar-refractivity contribution in [1.82, 2.24) is 5.32 Å². The summed E-state index contributed by atoms with van der Waals surface area (Å²) in [5.74, 6) is 5.39. The van der Waals surface area contributed by atoms with Crippen molar-refractivity contribution in [2.75, 3.05) is 19.8 Å². The van der Waals surface area contributed by atoms with Gasteiger partial charge in [0.1, 0.15) is 6.61 Å². The van der Waals surface area contributed by atoms with Gasteiger partial charge in [-0.3, -0.25) is 4.79 Å². The van der Waals surface area contributed by atoms with Crippen LogP contribution in [0.15, 0.2) is 11.4 Å². The molecule has 18 heavy (non-hydrogen) atoms. The highest BCUT2D eigenvalue weighted by molar-refractivity contribution is 7.10. The van der Waals surface area contributed by atoms with Crippen molar-refractivity contribution in [3.63, 3.8) is 0 Å². The first kappa shape index (κ1) is 14.7. The van der Waals surface area contributed by atoms with Crippen LogP contribution in [0.1, 0.15) is 23.8 Å². The van der Waals surface area contributed by atoms with Gasteiger partial charge in [-0.15, -0.1) is 11.3 Å². The minimum Gasteiger partial charge on any atom is -0.384 e. The predicted octanol–water partition coefficient (Wildman–Crippen LogP) is 1.13. The van der Waals surface area contributed by atoms with Gasteiger partial charge in [0, 0.05) is 28.8 Å². The van der Waals surface area contributed by atoms with E-state index >= 15 is 0 Å². The van der Waals surface area contributed by atoms with Crippen molar-refractivity contribution >= 4 is 17.2 Å². The fourth-order valence-corrected chi connectivity index (χ4v) is 2.02. The molecule has 0 atom stereocenters. The maximum absolute atomic E-state index is 11.4. The second kappa shape index (κ2) is 8.70. The second-order valence-electron chi connectivity index (χ2n) is 3.49. The lowest BCUT2D eigenvalue weighted by Gasteiger charge is -2.03. The van der Waals surface area contributed by atoms with Crippen LogP contribution >= 0.6 is 11.3 Å². The lowest BCUT2D eigenvalue weighted by Crippen LogP contribution is -2.23. The van der Waals surface area contributed by atoms with Gasteiger partial charge in [-0.2, -0.15) is 0 Å². The molecule has 1 aromatic heterocycles. The number of hydrogen-bond acceptors (Lipinski definition) is 4. The molecule has 2 N–H and O–H groups in total. The fraction of sp³-hybridized carbons (Fsp3) is 0.462. The summed E-state index contributed by atoms with van der Waals surface area (Å²) in [4.78, 5) is 12.5. The molecule has 0 saturated carbocycles. The normalized spacial score (nSPS) is 9.67. The van der Waals surface area contributed by atoms with E-state index in [9.17, 15) is 4.79 Å². The van der Waals surface area contributed by atoms with Crippen LogP contribution in [0.5, 0.6) is 0 Å². The monoisotopic (exact) mass is 267 g/mol. The molecule has 1 rings (SSSR count). The van der Waals surface area contributed by atoms with Crippen LogP contribution in [0.3, 0.4) is 0 Å². The van der Waals surface area contributed by atoms with Crippen LogP contribution in [-0.4, -0.2) is 30.8 Å². The smallest absolute Gasteiger partial charge is 0.222 e. The molecule has 4 nitrogen and oxygen atoms in total. The van der Waals surface area contributed by atoms with Crippen molar-refractivity contribution in [2.45, 2.75) is 19.9 Å². The molecular formula is C13H17NO3S. The molecular weight excluding hydrogens is 250 g/mol. The van der Waals surface area contributed by atoms with E-state index in [0.29, 0.717) is 26.2 Å². The lowest BCUT2D eigenvalue weighted by molar-refractivity contribution is -0.122. The Hall–Kier alpha value is -1.35. The third kappa shape index (κ3) is 5.82. The van der Waals surface area contributed by atoms with Crippen molar-refractivity contribution in [3.8, 4) is 11.8 Å². The molecule has 0 fully saturated rings.